The Labute approximate surface area is 262 Å². The predicted molar refractivity (Wildman–Crippen MR) is 170 cm³/mol. The van der Waals surface area contributed by atoms with E-state index in [1.807, 2.05) is 62.8 Å². The van der Waals surface area contributed by atoms with Crippen LogP contribution in [0, 0.1) is 6.92 Å². The predicted octanol–water partition coefficient (Wildman–Crippen LogP) is 5.49. The maximum atomic E-state index is 12.4. The summed E-state index contributed by atoms with van der Waals surface area (Å²) in [4.78, 5) is 21.9. The summed E-state index contributed by atoms with van der Waals surface area (Å²) in [5, 5.41) is 14.4. The number of ether oxygens (including phenoxy) is 1. The Morgan fingerprint density at radius 2 is 1.68 bits per heavy atom. The first kappa shape index (κ1) is 28.7. The molecule has 0 bridgehead atoms. The number of aliphatic imine (C=N–C) groups is 1. The first-order chi connectivity index (χ1) is 21.1. The normalized spacial score (nSPS) is 17.6. The SMILES string of the molecule is Cc1nnc2n1-c1ccc(-c3cnn(CCN4CCN(C(=O)OC(C)(C)C)CC4)c3)cc1C(c1ccc(Cl)cc1)=NC21CC1. The molecule has 7 rings (SSSR count). The number of aryl methyl sites for hydroxylation is 1. The molecule has 2 aromatic carbocycles. The van der Waals surface area contributed by atoms with Crippen molar-refractivity contribution in [1.29, 1.82) is 0 Å². The molecule has 11 heteroatoms. The van der Waals surface area contributed by atoms with Crippen LogP contribution in [0.5, 0.6) is 0 Å². The topological polar surface area (TPSA) is 93.7 Å². The van der Waals surface area contributed by atoms with Crippen LogP contribution in [-0.4, -0.2) is 84.5 Å². The second-order valence-electron chi connectivity index (χ2n) is 12.9. The van der Waals surface area contributed by atoms with E-state index in [1.54, 1.807) is 4.90 Å². The van der Waals surface area contributed by atoms with E-state index >= 15 is 0 Å². The van der Waals surface area contributed by atoms with E-state index in [0.717, 1.165) is 84.3 Å². The average molecular weight is 613 g/mol. The largest absolute Gasteiger partial charge is 0.444 e. The highest BCUT2D eigenvalue weighted by Gasteiger charge is 2.51. The number of rotatable bonds is 5. The standard InChI is InChI=1S/C33H37ClN8O2/c1-22-37-38-30-33(11-12-33)36-29(23-5-8-26(34)9-6-23)27-19-24(7-10-28(27)42(22)30)25-20-35-41(21-25)18-15-39-13-16-40(17-14-39)31(43)44-32(2,3)4/h5-10,19-21H,11-18H2,1-4H3. The van der Waals surface area contributed by atoms with Crippen LogP contribution >= 0.6 is 11.6 Å². The number of hydrogen-bond donors (Lipinski definition) is 0. The van der Waals surface area contributed by atoms with Crippen molar-refractivity contribution in [3.63, 3.8) is 0 Å². The van der Waals surface area contributed by atoms with Crippen LogP contribution in [0.15, 0.2) is 59.9 Å². The molecule has 2 fully saturated rings. The fourth-order valence-electron chi connectivity index (χ4n) is 6.02. The second kappa shape index (κ2) is 10.9. The highest BCUT2D eigenvalue weighted by Crippen LogP contribution is 2.51. The fourth-order valence-corrected chi connectivity index (χ4v) is 6.14. The van der Waals surface area contributed by atoms with E-state index in [2.05, 4.69) is 49.2 Å². The molecule has 1 amide bonds. The molecule has 2 aromatic heterocycles. The van der Waals surface area contributed by atoms with Gasteiger partial charge in [0.25, 0.3) is 0 Å². The van der Waals surface area contributed by atoms with E-state index in [4.69, 9.17) is 21.3 Å². The van der Waals surface area contributed by atoms with Crippen LogP contribution in [0.1, 0.15) is 56.4 Å². The van der Waals surface area contributed by atoms with E-state index in [-0.39, 0.29) is 11.6 Å². The molecule has 2 aliphatic heterocycles. The lowest BCUT2D eigenvalue weighted by molar-refractivity contribution is 0.0142. The third-order valence-corrected chi connectivity index (χ3v) is 8.79. The minimum atomic E-state index is -0.481. The molecule has 4 heterocycles. The quantitative estimate of drug-likeness (QED) is 0.296. The summed E-state index contributed by atoms with van der Waals surface area (Å²) in [7, 11) is 0. The molecular weight excluding hydrogens is 576 g/mol. The lowest BCUT2D eigenvalue weighted by Crippen LogP contribution is -2.50. The Hall–Kier alpha value is -4.02. The van der Waals surface area contributed by atoms with Gasteiger partial charge >= 0.3 is 6.09 Å². The van der Waals surface area contributed by atoms with E-state index in [1.165, 1.54) is 0 Å². The summed E-state index contributed by atoms with van der Waals surface area (Å²) in [6.07, 6.45) is 5.70. The molecule has 1 aliphatic carbocycles. The molecule has 0 N–H and O–H groups in total. The maximum absolute atomic E-state index is 12.4. The van der Waals surface area contributed by atoms with Gasteiger partial charge < -0.3 is 9.64 Å². The van der Waals surface area contributed by atoms with Crippen LogP contribution in [0.3, 0.4) is 0 Å². The number of carbonyl (C=O) groups excluding carboxylic acids is 1. The summed E-state index contributed by atoms with van der Waals surface area (Å²) in [6.45, 7) is 12.3. The molecule has 1 saturated carbocycles. The number of benzene rings is 2. The van der Waals surface area contributed by atoms with Crippen LogP contribution < -0.4 is 0 Å². The summed E-state index contributed by atoms with van der Waals surface area (Å²) in [5.41, 5.74) is 5.32. The van der Waals surface area contributed by atoms with Gasteiger partial charge in [-0.05, 0) is 70.4 Å². The summed E-state index contributed by atoms with van der Waals surface area (Å²) in [6, 6.07) is 14.4. The van der Waals surface area contributed by atoms with Crippen molar-refractivity contribution in [2.75, 3.05) is 32.7 Å². The highest BCUT2D eigenvalue weighted by atomic mass is 35.5. The van der Waals surface area contributed by atoms with Gasteiger partial charge in [-0.25, -0.2) is 4.79 Å². The van der Waals surface area contributed by atoms with Gasteiger partial charge in [-0.15, -0.1) is 10.2 Å². The Balaban J connectivity index is 1.11. The average Bonchev–Trinajstić information content (AvgIpc) is 3.47. The summed E-state index contributed by atoms with van der Waals surface area (Å²) >= 11 is 6.26. The van der Waals surface area contributed by atoms with Crippen molar-refractivity contribution in [3.8, 4) is 16.8 Å². The Morgan fingerprint density at radius 1 is 0.955 bits per heavy atom. The Morgan fingerprint density at radius 3 is 2.39 bits per heavy atom. The third-order valence-electron chi connectivity index (χ3n) is 8.54. The molecule has 228 valence electrons. The first-order valence-corrected chi connectivity index (χ1v) is 15.6. The number of carbonyl (C=O) groups is 1. The van der Waals surface area contributed by atoms with Crippen LogP contribution in [-0.2, 0) is 16.8 Å². The molecule has 0 radical (unpaired) electrons. The van der Waals surface area contributed by atoms with Crippen LogP contribution in [0.4, 0.5) is 4.79 Å². The lowest BCUT2D eigenvalue weighted by atomic mass is 9.96. The van der Waals surface area contributed by atoms with Crippen molar-refractivity contribution < 1.29 is 9.53 Å². The van der Waals surface area contributed by atoms with Gasteiger partial charge in [-0.1, -0.05) is 29.8 Å². The number of piperazine rings is 1. The molecule has 44 heavy (non-hydrogen) atoms. The number of halogens is 1. The van der Waals surface area contributed by atoms with Crippen molar-refractivity contribution >= 4 is 23.4 Å². The van der Waals surface area contributed by atoms with Crippen LogP contribution in [0.25, 0.3) is 16.8 Å². The number of fused-ring (bicyclic) bond motifs is 4. The first-order valence-electron chi connectivity index (χ1n) is 15.2. The molecule has 1 spiro atoms. The van der Waals surface area contributed by atoms with Gasteiger partial charge in [-0.3, -0.25) is 19.1 Å². The monoisotopic (exact) mass is 612 g/mol. The number of aromatic nitrogens is 5. The number of hydrogen-bond acceptors (Lipinski definition) is 7. The molecule has 0 atom stereocenters. The zero-order chi connectivity index (χ0) is 30.6. The van der Waals surface area contributed by atoms with Crippen molar-refractivity contribution in [2.24, 2.45) is 4.99 Å². The van der Waals surface area contributed by atoms with Gasteiger partial charge in [0.15, 0.2) is 5.82 Å². The zero-order valence-electron chi connectivity index (χ0n) is 25.6. The Bertz CT molecular complexity index is 1740. The second-order valence-corrected chi connectivity index (χ2v) is 13.4. The maximum Gasteiger partial charge on any atom is 0.410 e. The molecule has 4 aromatic rings. The minimum absolute atomic E-state index is 0.234. The van der Waals surface area contributed by atoms with Gasteiger partial charge in [-0.2, -0.15) is 5.10 Å². The Kier molecular flexibility index (Phi) is 7.09. The molecule has 10 nitrogen and oxygen atoms in total. The molecule has 0 unspecified atom stereocenters. The summed E-state index contributed by atoms with van der Waals surface area (Å²) in [5.74, 6) is 1.76. The van der Waals surface area contributed by atoms with Crippen molar-refractivity contribution in [2.45, 2.75) is 58.2 Å². The smallest absolute Gasteiger partial charge is 0.410 e. The summed E-state index contributed by atoms with van der Waals surface area (Å²) < 4.78 is 9.70. The highest BCUT2D eigenvalue weighted by molar-refractivity contribution is 6.30. The molecular formula is C33H37ClN8O2. The fraction of sp³-hybridized carbons (Fsp3) is 0.424. The van der Waals surface area contributed by atoms with Crippen molar-refractivity contribution in [3.05, 3.63) is 82.7 Å². The zero-order valence-corrected chi connectivity index (χ0v) is 26.4. The van der Waals surface area contributed by atoms with Crippen LogP contribution in [0.2, 0.25) is 5.02 Å². The van der Waals surface area contributed by atoms with Gasteiger partial charge in [0.2, 0.25) is 0 Å². The number of amides is 1. The van der Waals surface area contributed by atoms with E-state index in [0.29, 0.717) is 18.1 Å². The third kappa shape index (κ3) is 5.52. The van der Waals surface area contributed by atoms with Gasteiger partial charge in [0, 0.05) is 60.6 Å². The van der Waals surface area contributed by atoms with E-state index < -0.39 is 5.60 Å². The minimum Gasteiger partial charge on any atom is -0.444 e. The van der Waals surface area contributed by atoms with Gasteiger partial charge in [0.05, 0.1) is 24.1 Å². The molecule has 1 saturated heterocycles. The van der Waals surface area contributed by atoms with Gasteiger partial charge in [0.1, 0.15) is 17.0 Å². The molecule has 3 aliphatic rings. The van der Waals surface area contributed by atoms with Crippen molar-refractivity contribution in [1.82, 2.24) is 34.3 Å². The van der Waals surface area contributed by atoms with E-state index in [9.17, 15) is 4.79 Å². The number of nitrogens with zero attached hydrogens (tertiary/aromatic N) is 8. The lowest BCUT2D eigenvalue weighted by Gasteiger charge is -2.35.